The molecular weight excluding hydrogens is 364 g/mol. The first-order valence-electron chi connectivity index (χ1n) is 9.91. The summed E-state index contributed by atoms with van der Waals surface area (Å²) in [5, 5.41) is 13.7. The summed E-state index contributed by atoms with van der Waals surface area (Å²) >= 11 is 0. The number of ether oxygens (including phenoxy) is 1. The molecule has 1 aliphatic rings. The third-order valence-corrected chi connectivity index (χ3v) is 5.14. The van der Waals surface area contributed by atoms with Gasteiger partial charge in [0.15, 0.2) is 0 Å². The summed E-state index contributed by atoms with van der Waals surface area (Å²) in [5.74, 6) is 0.614. The molecule has 1 aliphatic heterocycles. The number of hydrogen-bond acceptors (Lipinski definition) is 7. The van der Waals surface area contributed by atoms with Crippen molar-refractivity contribution < 1.29 is 4.74 Å². The number of aromatic nitrogens is 3. The Morgan fingerprint density at radius 2 is 2.03 bits per heavy atom. The maximum absolute atomic E-state index is 9.39. The summed E-state index contributed by atoms with van der Waals surface area (Å²) in [6.45, 7) is 6.31. The Balaban J connectivity index is 1.52. The molecule has 3 heterocycles. The van der Waals surface area contributed by atoms with Crippen molar-refractivity contribution in [2.75, 3.05) is 29.9 Å². The van der Waals surface area contributed by atoms with Crippen LogP contribution in [-0.2, 0) is 11.2 Å². The van der Waals surface area contributed by atoms with Gasteiger partial charge in [0.2, 0.25) is 5.95 Å². The molecule has 2 atom stereocenters. The fraction of sp³-hybridized carbons (Fsp3) is 0.364. The number of nitriles is 1. The van der Waals surface area contributed by atoms with Gasteiger partial charge in [0.05, 0.1) is 23.3 Å². The van der Waals surface area contributed by atoms with Crippen LogP contribution in [0.25, 0.3) is 10.9 Å². The summed E-state index contributed by atoms with van der Waals surface area (Å²) in [4.78, 5) is 15.5. The van der Waals surface area contributed by atoms with Crippen molar-refractivity contribution in [2.45, 2.75) is 32.5 Å². The lowest BCUT2D eigenvalue weighted by molar-refractivity contribution is -0.00827. The van der Waals surface area contributed by atoms with Gasteiger partial charge in [0.25, 0.3) is 0 Å². The zero-order valence-electron chi connectivity index (χ0n) is 16.7. The van der Waals surface area contributed by atoms with Gasteiger partial charge < -0.3 is 15.0 Å². The lowest BCUT2D eigenvalue weighted by atomic mass is 10.1. The van der Waals surface area contributed by atoms with Crippen LogP contribution < -0.4 is 10.2 Å². The van der Waals surface area contributed by atoms with Crippen LogP contribution in [-0.4, -0.2) is 46.8 Å². The van der Waals surface area contributed by atoms with Gasteiger partial charge in [-0.05, 0) is 43.2 Å². The predicted molar refractivity (Wildman–Crippen MR) is 113 cm³/mol. The number of aryl methyl sites for hydroxylation is 1. The number of anilines is 2. The first kappa shape index (κ1) is 19.1. The van der Waals surface area contributed by atoms with Gasteiger partial charge in [-0.25, -0.2) is 9.97 Å². The van der Waals surface area contributed by atoms with Crippen molar-refractivity contribution in [3.8, 4) is 6.07 Å². The van der Waals surface area contributed by atoms with Crippen LogP contribution in [0.5, 0.6) is 0 Å². The zero-order valence-corrected chi connectivity index (χ0v) is 16.7. The van der Waals surface area contributed by atoms with E-state index < -0.39 is 0 Å². The molecular formula is C22H24N6O. The van der Waals surface area contributed by atoms with Crippen molar-refractivity contribution in [3.63, 3.8) is 0 Å². The van der Waals surface area contributed by atoms with E-state index in [-0.39, 0.29) is 12.2 Å². The van der Waals surface area contributed by atoms with Crippen molar-refractivity contribution in [3.05, 3.63) is 54.0 Å². The lowest BCUT2D eigenvalue weighted by Crippen LogP contribution is -2.49. The highest BCUT2D eigenvalue weighted by Crippen LogP contribution is 2.30. The van der Waals surface area contributed by atoms with Crippen molar-refractivity contribution in [1.82, 2.24) is 15.0 Å². The largest absolute Gasteiger partial charge is 0.370 e. The van der Waals surface area contributed by atoms with Crippen molar-refractivity contribution >= 4 is 22.5 Å². The number of morpholine rings is 1. The SMILES string of the molecule is CCc1cnc(NC[C@H]2CN(c3ccc(C#N)c4ncccc34)C[C@@H](C)O2)nc1. The van der Waals surface area contributed by atoms with E-state index in [2.05, 4.69) is 45.1 Å². The molecule has 0 spiro atoms. The molecule has 0 saturated carbocycles. The van der Waals surface area contributed by atoms with E-state index >= 15 is 0 Å². The predicted octanol–water partition coefficient (Wildman–Crippen LogP) is 3.16. The average Bonchev–Trinajstić information content (AvgIpc) is 2.77. The van der Waals surface area contributed by atoms with E-state index in [1.54, 1.807) is 6.20 Å². The molecule has 148 valence electrons. The molecule has 4 rings (SSSR count). The topological polar surface area (TPSA) is 87.0 Å². The highest BCUT2D eigenvalue weighted by Gasteiger charge is 2.27. The molecule has 1 aromatic carbocycles. The molecule has 0 aliphatic carbocycles. The minimum atomic E-state index is -0.00411. The summed E-state index contributed by atoms with van der Waals surface area (Å²) in [6.07, 6.45) is 6.43. The first-order valence-corrected chi connectivity index (χ1v) is 9.91. The fourth-order valence-electron chi connectivity index (χ4n) is 3.71. The Bertz CT molecular complexity index is 1030. The van der Waals surface area contributed by atoms with E-state index in [0.717, 1.165) is 41.7 Å². The molecule has 0 radical (unpaired) electrons. The Hall–Kier alpha value is -3.24. The second-order valence-corrected chi connectivity index (χ2v) is 7.27. The van der Waals surface area contributed by atoms with Crippen LogP contribution in [0.3, 0.4) is 0 Å². The molecule has 0 bridgehead atoms. The lowest BCUT2D eigenvalue weighted by Gasteiger charge is -2.38. The molecule has 0 amide bonds. The van der Waals surface area contributed by atoms with Crippen LogP contribution in [0.4, 0.5) is 11.6 Å². The van der Waals surface area contributed by atoms with Crippen molar-refractivity contribution in [1.29, 1.82) is 5.26 Å². The van der Waals surface area contributed by atoms with Gasteiger partial charge in [-0.15, -0.1) is 0 Å². The van der Waals surface area contributed by atoms with Gasteiger partial charge in [0.1, 0.15) is 6.07 Å². The van der Waals surface area contributed by atoms with Crippen LogP contribution in [0.15, 0.2) is 42.9 Å². The minimum Gasteiger partial charge on any atom is -0.370 e. The molecule has 1 N–H and O–H groups in total. The maximum atomic E-state index is 9.39. The summed E-state index contributed by atoms with van der Waals surface area (Å²) in [5.41, 5.74) is 3.53. The number of hydrogen-bond donors (Lipinski definition) is 1. The van der Waals surface area contributed by atoms with E-state index in [1.807, 2.05) is 36.7 Å². The van der Waals surface area contributed by atoms with Gasteiger partial charge in [-0.3, -0.25) is 4.98 Å². The molecule has 29 heavy (non-hydrogen) atoms. The molecule has 1 saturated heterocycles. The minimum absolute atomic E-state index is 0.00411. The Kier molecular flexibility index (Phi) is 5.54. The van der Waals surface area contributed by atoms with Crippen LogP contribution in [0.2, 0.25) is 0 Å². The normalized spacial score (nSPS) is 19.1. The van der Waals surface area contributed by atoms with Crippen molar-refractivity contribution in [2.24, 2.45) is 0 Å². The Morgan fingerprint density at radius 3 is 2.79 bits per heavy atom. The molecule has 1 fully saturated rings. The third kappa shape index (κ3) is 4.13. The fourth-order valence-corrected chi connectivity index (χ4v) is 3.71. The molecule has 0 unspecified atom stereocenters. The number of nitrogens with one attached hydrogen (secondary N) is 1. The van der Waals surface area contributed by atoms with E-state index in [4.69, 9.17) is 4.74 Å². The summed E-state index contributed by atoms with van der Waals surface area (Å²) in [6, 6.07) is 10.0. The van der Waals surface area contributed by atoms with Gasteiger partial charge in [-0.1, -0.05) is 6.92 Å². The number of benzene rings is 1. The zero-order chi connectivity index (χ0) is 20.2. The Morgan fingerprint density at radius 1 is 1.21 bits per heavy atom. The first-order chi connectivity index (χ1) is 14.2. The summed E-state index contributed by atoms with van der Waals surface area (Å²) < 4.78 is 6.13. The standard InChI is InChI=1S/C22H24N6O/c1-3-16-10-25-22(26-11-16)27-12-18-14-28(13-15(2)29-18)20-7-6-17(9-23)21-19(20)5-4-8-24-21/h4-8,10-11,15,18H,3,12-14H2,1-2H3,(H,25,26,27)/t15-,18+/m1/s1. The highest BCUT2D eigenvalue weighted by molar-refractivity contribution is 5.95. The van der Waals surface area contributed by atoms with E-state index in [0.29, 0.717) is 18.1 Å². The van der Waals surface area contributed by atoms with Crippen LogP contribution in [0, 0.1) is 11.3 Å². The van der Waals surface area contributed by atoms with Gasteiger partial charge in [0, 0.05) is 49.3 Å². The molecule has 7 heteroatoms. The van der Waals surface area contributed by atoms with Gasteiger partial charge >= 0.3 is 0 Å². The van der Waals surface area contributed by atoms with E-state index in [9.17, 15) is 5.26 Å². The number of nitrogens with zero attached hydrogens (tertiary/aromatic N) is 5. The third-order valence-electron chi connectivity index (χ3n) is 5.14. The second kappa shape index (κ2) is 8.41. The van der Waals surface area contributed by atoms with Crippen LogP contribution >= 0.6 is 0 Å². The number of pyridine rings is 1. The molecule has 7 nitrogen and oxygen atoms in total. The monoisotopic (exact) mass is 388 g/mol. The summed E-state index contributed by atoms with van der Waals surface area (Å²) in [7, 11) is 0. The average molecular weight is 388 g/mol. The Labute approximate surface area is 170 Å². The molecule has 3 aromatic rings. The second-order valence-electron chi connectivity index (χ2n) is 7.27. The van der Waals surface area contributed by atoms with Crippen LogP contribution in [0.1, 0.15) is 25.0 Å². The quantitative estimate of drug-likeness (QED) is 0.718. The molecule has 2 aromatic heterocycles. The van der Waals surface area contributed by atoms with E-state index in [1.165, 1.54) is 0 Å². The number of fused-ring (bicyclic) bond motifs is 1. The maximum Gasteiger partial charge on any atom is 0.222 e. The van der Waals surface area contributed by atoms with Gasteiger partial charge in [-0.2, -0.15) is 5.26 Å². The smallest absolute Gasteiger partial charge is 0.222 e. The number of rotatable bonds is 5. The highest BCUT2D eigenvalue weighted by atomic mass is 16.5.